The normalized spacial score (nSPS) is 34.7. The van der Waals surface area contributed by atoms with Crippen LogP contribution in [0.4, 0.5) is 19.0 Å². The summed E-state index contributed by atoms with van der Waals surface area (Å²) in [6, 6.07) is -0.0308. The fourth-order valence-electron chi connectivity index (χ4n) is 4.40. The Morgan fingerprint density at radius 3 is 2.68 bits per heavy atom. The summed E-state index contributed by atoms with van der Waals surface area (Å²) in [6.07, 6.45) is -1.91. The second kappa shape index (κ2) is 6.43. The maximum Gasteiger partial charge on any atom is 0.522 e. The Kier molecular flexibility index (Phi) is 4.51. The summed E-state index contributed by atoms with van der Waals surface area (Å²) < 4.78 is 41.0. The molecule has 4 fully saturated rings. The van der Waals surface area contributed by atoms with Crippen LogP contribution in [0.5, 0.6) is 0 Å². The van der Waals surface area contributed by atoms with Gasteiger partial charge in [-0.1, -0.05) is 0 Å². The number of halogens is 4. The van der Waals surface area contributed by atoms with Crippen LogP contribution in [0.1, 0.15) is 31.9 Å². The summed E-state index contributed by atoms with van der Waals surface area (Å²) in [5.74, 6) is -0.135. The lowest BCUT2D eigenvalue weighted by molar-refractivity contribution is -0.359. The van der Waals surface area contributed by atoms with E-state index in [9.17, 15) is 23.1 Å². The van der Waals surface area contributed by atoms with Gasteiger partial charge in [-0.3, -0.25) is 9.53 Å². The van der Waals surface area contributed by atoms with Crippen LogP contribution < -0.4 is 5.32 Å². The molecule has 0 spiro atoms. The molecule has 3 atom stereocenters. The molecule has 4 aliphatic rings. The van der Waals surface area contributed by atoms with Gasteiger partial charge in [-0.2, -0.15) is 0 Å². The van der Waals surface area contributed by atoms with Crippen LogP contribution in [0.15, 0.2) is 12.4 Å². The van der Waals surface area contributed by atoms with Crippen molar-refractivity contribution in [3.63, 3.8) is 0 Å². The first kappa shape index (κ1) is 19.7. The van der Waals surface area contributed by atoms with E-state index in [-0.39, 0.29) is 16.8 Å². The lowest BCUT2D eigenvalue weighted by atomic mass is 9.42. The molecule has 5 rings (SSSR count). The molecule has 1 saturated heterocycles. The van der Waals surface area contributed by atoms with Gasteiger partial charge in [-0.25, -0.2) is 9.97 Å². The van der Waals surface area contributed by atoms with Crippen LogP contribution in [-0.2, 0) is 14.9 Å². The van der Waals surface area contributed by atoms with Crippen LogP contribution in [0, 0.1) is 0 Å². The Hall–Kier alpha value is -1.65. The van der Waals surface area contributed by atoms with Crippen molar-refractivity contribution in [3.8, 4) is 0 Å². The third-order valence-electron chi connectivity index (χ3n) is 5.95. The SMILES string of the molecule is C[C@H]1[C@@H](OC(F)(F)F)CN1C(=O)[C@@H](CO)Nc1cc(C23CC(Cl)(C2)C3)ncn1. The topological polar surface area (TPSA) is 87.6 Å². The number of nitrogens with one attached hydrogen (secondary N) is 1. The van der Waals surface area contributed by atoms with Crippen molar-refractivity contribution in [2.24, 2.45) is 0 Å². The molecule has 154 valence electrons. The van der Waals surface area contributed by atoms with E-state index in [2.05, 4.69) is 20.0 Å². The molecule has 28 heavy (non-hydrogen) atoms. The van der Waals surface area contributed by atoms with E-state index >= 15 is 0 Å². The van der Waals surface area contributed by atoms with Crippen molar-refractivity contribution in [1.29, 1.82) is 0 Å². The number of aliphatic hydroxyl groups excluding tert-OH is 1. The number of nitrogens with zero attached hydrogens (tertiary/aromatic N) is 3. The van der Waals surface area contributed by atoms with Gasteiger partial charge >= 0.3 is 6.36 Å². The van der Waals surface area contributed by atoms with E-state index in [1.165, 1.54) is 18.2 Å². The van der Waals surface area contributed by atoms with Gasteiger partial charge in [-0.05, 0) is 26.2 Å². The number of carbonyl (C=O) groups excluding carboxylic acids is 1. The fourth-order valence-corrected chi connectivity index (χ4v) is 5.17. The first-order valence-corrected chi connectivity index (χ1v) is 9.36. The number of amides is 1. The number of hydrogen-bond donors (Lipinski definition) is 2. The summed E-state index contributed by atoms with van der Waals surface area (Å²) in [7, 11) is 0. The Labute approximate surface area is 164 Å². The van der Waals surface area contributed by atoms with Gasteiger partial charge in [0.1, 0.15) is 24.3 Å². The Morgan fingerprint density at radius 2 is 2.14 bits per heavy atom. The third kappa shape index (κ3) is 3.31. The quantitative estimate of drug-likeness (QED) is 0.682. The zero-order chi connectivity index (χ0) is 20.3. The minimum Gasteiger partial charge on any atom is -0.394 e. The van der Waals surface area contributed by atoms with Gasteiger partial charge in [0.25, 0.3) is 0 Å². The predicted molar refractivity (Wildman–Crippen MR) is 92.7 cm³/mol. The summed E-state index contributed by atoms with van der Waals surface area (Å²) in [5, 5.41) is 12.5. The van der Waals surface area contributed by atoms with E-state index in [4.69, 9.17) is 11.6 Å². The van der Waals surface area contributed by atoms with Gasteiger partial charge in [0.15, 0.2) is 0 Å². The molecule has 1 amide bonds. The lowest BCUT2D eigenvalue weighted by Crippen LogP contribution is -2.66. The van der Waals surface area contributed by atoms with Crippen LogP contribution in [0.3, 0.4) is 0 Å². The van der Waals surface area contributed by atoms with Gasteiger partial charge in [0.2, 0.25) is 5.91 Å². The maximum absolute atomic E-state index is 12.6. The molecule has 1 aromatic rings. The standard InChI is InChI=1S/C17H20ClF3N4O3/c1-9-11(28-17(19,20)21)3-25(9)14(27)10(4-26)24-13-2-12(22-8-23-13)15-5-16(18,6-15)7-15/h2,8-11,26H,3-7H2,1H3,(H,22,23,24)/t9-,10+,11-,15?,16?/m0/s1. The minimum absolute atomic E-state index is 0.0337. The van der Waals surface area contributed by atoms with Gasteiger partial charge in [-0.15, -0.1) is 24.8 Å². The van der Waals surface area contributed by atoms with E-state index in [1.807, 2.05) is 0 Å². The van der Waals surface area contributed by atoms with E-state index in [0.717, 1.165) is 25.0 Å². The second-order valence-corrected chi connectivity index (χ2v) is 8.76. The van der Waals surface area contributed by atoms with E-state index in [1.54, 1.807) is 6.07 Å². The van der Waals surface area contributed by atoms with Gasteiger partial charge < -0.3 is 15.3 Å². The molecule has 11 heteroatoms. The highest BCUT2D eigenvalue weighted by atomic mass is 35.5. The summed E-state index contributed by atoms with van der Waals surface area (Å²) >= 11 is 6.30. The first-order valence-electron chi connectivity index (χ1n) is 8.98. The zero-order valence-corrected chi connectivity index (χ0v) is 15.8. The Bertz CT molecular complexity index is 773. The summed E-state index contributed by atoms with van der Waals surface area (Å²) in [6.45, 7) is 0.759. The maximum atomic E-state index is 12.6. The highest BCUT2D eigenvalue weighted by molar-refractivity contribution is 6.26. The van der Waals surface area contributed by atoms with Crippen molar-refractivity contribution < 1.29 is 27.8 Å². The monoisotopic (exact) mass is 420 g/mol. The van der Waals surface area contributed by atoms with Gasteiger partial charge in [0.05, 0.1) is 18.3 Å². The molecule has 2 N–H and O–H groups in total. The summed E-state index contributed by atoms with van der Waals surface area (Å²) in [4.78, 5) is 22.1. The molecular formula is C17H20ClF3N4O3. The van der Waals surface area contributed by atoms with Crippen LogP contribution in [0.2, 0.25) is 0 Å². The van der Waals surface area contributed by atoms with E-state index < -0.39 is 37.1 Å². The summed E-state index contributed by atoms with van der Waals surface area (Å²) in [5.41, 5.74) is 0.807. The molecule has 0 aromatic carbocycles. The number of alkyl halides is 4. The minimum atomic E-state index is -4.75. The number of carbonyl (C=O) groups is 1. The Balaban J connectivity index is 1.38. The molecule has 1 aromatic heterocycles. The number of likely N-dealkylation sites (tertiary alicyclic amines) is 1. The van der Waals surface area contributed by atoms with Crippen molar-refractivity contribution in [3.05, 3.63) is 18.1 Å². The average molecular weight is 421 g/mol. The lowest BCUT2D eigenvalue weighted by Gasteiger charge is -2.67. The zero-order valence-electron chi connectivity index (χ0n) is 15.0. The van der Waals surface area contributed by atoms with E-state index in [0.29, 0.717) is 5.82 Å². The molecule has 0 radical (unpaired) electrons. The smallest absolute Gasteiger partial charge is 0.394 e. The predicted octanol–water partition coefficient (Wildman–Crippen LogP) is 1.80. The van der Waals surface area contributed by atoms with Crippen LogP contribution in [0.25, 0.3) is 0 Å². The second-order valence-electron chi connectivity index (χ2n) is 7.96. The number of aromatic nitrogens is 2. The molecule has 2 bridgehead atoms. The molecule has 3 aliphatic carbocycles. The van der Waals surface area contributed by atoms with Crippen molar-refractivity contribution in [2.45, 2.75) is 61.0 Å². The third-order valence-corrected chi connectivity index (χ3v) is 6.35. The van der Waals surface area contributed by atoms with Crippen molar-refractivity contribution in [1.82, 2.24) is 14.9 Å². The van der Waals surface area contributed by atoms with Crippen molar-refractivity contribution in [2.75, 3.05) is 18.5 Å². The number of aliphatic hydroxyl groups is 1. The van der Waals surface area contributed by atoms with Crippen LogP contribution in [-0.4, -0.2) is 68.5 Å². The molecule has 7 nitrogen and oxygen atoms in total. The molecular weight excluding hydrogens is 401 g/mol. The number of anilines is 1. The largest absolute Gasteiger partial charge is 0.522 e. The van der Waals surface area contributed by atoms with Crippen molar-refractivity contribution >= 4 is 23.3 Å². The first-order chi connectivity index (χ1) is 13.0. The molecule has 3 saturated carbocycles. The number of rotatable bonds is 6. The molecule has 0 unspecified atom stereocenters. The molecule has 1 aliphatic heterocycles. The number of hydrogen-bond acceptors (Lipinski definition) is 6. The molecule has 2 heterocycles. The number of ether oxygens (including phenoxy) is 1. The Morgan fingerprint density at radius 1 is 1.46 bits per heavy atom. The highest BCUT2D eigenvalue weighted by Gasteiger charge is 2.68. The van der Waals surface area contributed by atoms with Crippen LogP contribution >= 0.6 is 11.6 Å². The highest BCUT2D eigenvalue weighted by Crippen LogP contribution is 2.70. The average Bonchev–Trinajstić information content (AvgIpc) is 2.58. The fraction of sp³-hybridized carbons (Fsp3) is 0.706. The van der Waals surface area contributed by atoms with Gasteiger partial charge in [0, 0.05) is 22.9 Å².